The minimum atomic E-state index is -1.01. The normalized spacial score (nSPS) is 10.2. The number of anilines is 2. The van der Waals surface area contributed by atoms with Crippen molar-refractivity contribution in [2.75, 3.05) is 11.9 Å². The van der Waals surface area contributed by atoms with Crippen LogP contribution in [0.2, 0.25) is 0 Å². The van der Waals surface area contributed by atoms with Crippen LogP contribution in [0.4, 0.5) is 17.1 Å². The molecule has 2 rings (SSSR count). The lowest BCUT2D eigenvalue weighted by Crippen LogP contribution is -2.12. The summed E-state index contributed by atoms with van der Waals surface area (Å²) in [5, 5.41) is 20.0. The van der Waals surface area contributed by atoms with Gasteiger partial charge in [-0.1, -0.05) is 6.07 Å². The fourth-order valence-corrected chi connectivity index (χ4v) is 2.03. The van der Waals surface area contributed by atoms with E-state index in [9.17, 15) is 14.9 Å². The van der Waals surface area contributed by atoms with Gasteiger partial charge in [0.1, 0.15) is 5.69 Å². The van der Waals surface area contributed by atoms with E-state index < -0.39 is 10.9 Å². The van der Waals surface area contributed by atoms with Gasteiger partial charge in [0.15, 0.2) is 0 Å². The molecule has 108 valence electrons. The molecule has 0 radical (unpaired) electrons. The van der Waals surface area contributed by atoms with E-state index in [0.29, 0.717) is 11.4 Å². The number of carboxylic acids is 1. The highest BCUT2D eigenvalue weighted by Crippen LogP contribution is 2.33. The van der Waals surface area contributed by atoms with Crippen molar-refractivity contribution < 1.29 is 14.8 Å². The average Bonchev–Trinajstić information content (AvgIpc) is 2.46. The first-order valence-corrected chi connectivity index (χ1v) is 6.22. The SMILES string of the molecule is Cc1ccc(N(C)c2ccc(C(=O)O)cc2)c([N+](=O)[O-])c1. The molecule has 0 saturated carbocycles. The highest BCUT2D eigenvalue weighted by atomic mass is 16.6. The summed E-state index contributed by atoms with van der Waals surface area (Å²) in [6.07, 6.45) is 0. The van der Waals surface area contributed by atoms with Crippen LogP contribution in [-0.4, -0.2) is 23.0 Å². The van der Waals surface area contributed by atoms with Gasteiger partial charge in [-0.3, -0.25) is 10.1 Å². The van der Waals surface area contributed by atoms with E-state index in [1.165, 1.54) is 18.2 Å². The molecule has 0 aliphatic heterocycles. The molecule has 0 aliphatic carbocycles. The van der Waals surface area contributed by atoms with Crippen LogP contribution in [0.15, 0.2) is 42.5 Å². The Morgan fingerprint density at radius 1 is 1.19 bits per heavy atom. The second-order valence-corrected chi connectivity index (χ2v) is 4.66. The van der Waals surface area contributed by atoms with E-state index in [2.05, 4.69) is 0 Å². The predicted octanol–water partition coefficient (Wildman–Crippen LogP) is 3.37. The summed E-state index contributed by atoms with van der Waals surface area (Å²) in [6.45, 7) is 1.79. The van der Waals surface area contributed by atoms with Gasteiger partial charge in [0.25, 0.3) is 5.69 Å². The van der Waals surface area contributed by atoms with Crippen LogP contribution in [0.25, 0.3) is 0 Å². The number of nitro benzene ring substituents is 1. The van der Waals surface area contributed by atoms with E-state index in [0.717, 1.165) is 5.56 Å². The molecule has 0 aliphatic rings. The maximum Gasteiger partial charge on any atom is 0.335 e. The van der Waals surface area contributed by atoms with Crippen molar-refractivity contribution in [3.05, 3.63) is 63.7 Å². The van der Waals surface area contributed by atoms with E-state index in [1.807, 2.05) is 0 Å². The lowest BCUT2D eigenvalue weighted by Gasteiger charge is -2.19. The summed E-state index contributed by atoms with van der Waals surface area (Å²) in [4.78, 5) is 23.2. The van der Waals surface area contributed by atoms with Crippen molar-refractivity contribution in [3.8, 4) is 0 Å². The second kappa shape index (κ2) is 5.62. The summed E-state index contributed by atoms with van der Waals surface area (Å²) in [5.41, 5.74) is 2.12. The first-order chi connectivity index (χ1) is 9.90. The monoisotopic (exact) mass is 286 g/mol. The molecule has 0 amide bonds. The summed E-state index contributed by atoms with van der Waals surface area (Å²) in [7, 11) is 1.70. The number of benzene rings is 2. The van der Waals surface area contributed by atoms with Crippen LogP contribution in [0.3, 0.4) is 0 Å². The molecule has 0 fully saturated rings. The smallest absolute Gasteiger partial charge is 0.335 e. The maximum atomic E-state index is 11.2. The fourth-order valence-electron chi connectivity index (χ4n) is 2.03. The summed E-state index contributed by atoms with van der Waals surface area (Å²) in [6, 6.07) is 11.2. The molecule has 0 unspecified atom stereocenters. The van der Waals surface area contributed by atoms with Crippen LogP contribution < -0.4 is 4.90 Å². The zero-order valence-electron chi connectivity index (χ0n) is 11.6. The number of nitrogens with zero attached hydrogens (tertiary/aromatic N) is 2. The van der Waals surface area contributed by atoms with E-state index in [-0.39, 0.29) is 11.3 Å². The molecule has 1 N–H and O–H groups in total. The molecular weight excluding hydrogens is 272 g/mol. The van der Waals surface area contributed by atoms with Crippen molar-refractivity contribution in [3.63, 3.8) is 0 Å². The van der Waals surface area contributed by atoms with Gasteiger partial charge < -0.3 is 10.0 Å². The predicted molar refractivity (Wildman–Crippen MR) is 79.3 cm³/mol. The Labute approximate surface area is 121 Å². The fraction of sp³-hybridized carbons (Fsp3) is 0.133. The van der Waals surface area contributed by atoms with Crippen LogP contribution in [0.1, 0.15) is 15.9 Å². The first-order valence-electron chi connectivity index (χ1n) is 6.22. The molecule has 2 aromatic rings. The van der Waals surface area contributed by atoms with Crippen molar-refractivity contribution in [1.29, 1.82) is 0 Å². The molecule has 0 heterocycles. The van der Waals surface area contributed by atoms with Crippen LogP contribution >= 0.6 is 0 Å². The van der Waals surface area contributed by atoms with Crippen molar-refractivity contribution in [2.45, 2.75) is 6.92 Å². The number of carbonyl (C=O) groups is 1. The van der Waals surface area contributed by atoms with Gasteiger partial charge in [-0.25, -0.2) is 4.79 Å². The van der Waals surface area contributed by atoms with Gasteiger partial charge in [0.2, 0.25) is 0 Å². The highest BCUT2D eigenvalue weighted by molar-refractivity contribution is 5.88. The first kappa shape index (κ1) is 14.5. The number of nitro groups is 1. The Morgan fingerprint density at radius 2 is 1.81 bits per heavy atom. The van der Waals surface area contributed by atoms with Gasteiger partial charge >= 0.3 is 5.97 Å². The lowest BCUT2D eigenvalue weighted by atomic mass is 10.1. The van der Waals surface area contributed by atoms with Gasteiger partial charge in [-0.05, 0) is 42.8 Å². The van der Waals surface area contributed by atoms with Gasteiger partial charge in [-0.15, -0.1) is 0 Å². The summed E-state index contributed by atoms with van der Waals surface area (Å²) < 4.78 is 0. The molecule has 6 heteroatoms. The van der Waals surface area contributed by atoms with E-state index in [4.69, 9.17) is 5.11 Å². The molecule has 0 aromatic heterocycles. The second-order valence-electron chi connectivity index (χ2n) is 4.66. The molecule has 0 saturated heterocycles. The number of aromatic carboxylic acids is 1. The Morgan fingerprint density at radius 3 is 2.33 bits per heavy atom. The molecule has 0 spiro atoms. The van der Waals surface area contributed by atoms with E-state index >= 15 is 0 Å². The molecule has 2 aromatic carbocycles. The Kier molecular flexibility index (Phi) is 3.89. The molecule has 21 heavy (non-hydrogen) atoms. The van der Waals surface area contributed by atoms with Crippen LogP contribution in [0, 0.1) is 17.0 Å². The van der Waals surface area contributed by atoms with Crippen molar-refractivity contribution >= 4 is 23.0 Å². The minimum absolute atomic E-state index is 0.0137. The average molecular weight is 286 g/mol. The third-order valence-corrected chi connectivity index (χ3v) is 3.19. The molecule has 6 nitrogen and oxygen atoms in total. The van der Waals surface area contributed by atoms with Gasteiger partial charge in [0, 0.05) is 18.8 Å². The van der Waals surface area contributed by atoms with E-state index in [1.54, 1.807) is 43.1 Å². The van der Waals surface area contributed by atoms with Crippen LogP contribution in [0.5, 0.6) is 0 Å². The van der Waals surface area contributed by atoms with Gasteiger partial charge in [0.05, 0.1) is 10.5 Å². The van der Waals surface area contributed by atoms with Crippen LogP contribution in [-0.2, 0) is 0 Å². The topological polar surface area (TPSA) is 83.7 Å². The summed E-state index contributed by atoms with van der Waals surface area (Å²) >= 11 is 0. The number of carboxylic acid groups (broad SMARTS) is 1. The molecular formula is C15H14N2O4. The quantitative estimate of drug-likeness (QED) is 0.688. The van der Waals surface area contributed by atoms with Gasteiger partial charge in [-0.2, -0.15) is 0 Å². The zero-order valence-corrected chi connectivity index (χ0v) is 11.6. The number of hydrogen-bond acceptors (Lipinski definition) is 4. The largest absolute Gasteiger partial charge is 0.478 e. The maximum absolute atomic E-state index is 11.2. The molecule has 0 bridgehead atoms. The highest BCUT2D eigenvalue weighted by Gasteiger charge is 2.18. The number of hydrogen-bond donors (Lipinski definition) is 1. The molecule has 0 atom stereocenters. The number of rotatable bonds is 4. The third-order valence-electron chi connectivity index (χ3n) is 3.19. The Hall–Kier alpha value is -2.89. The third kappa shape index (κ3) is 3.00. The van der Waals surface area contributed by atoms with Crippen molar-refractivity contribution in [1.82, 2.24) is 0 Å². The number of aryl methyl sites for hydroxylation is 1. The van der Waals surface area contributed by atoms with Crippen molar-refractivity contribution in [2.24, 2.45) is 0 Å². The Balaban J connectivity index is 2.42. The minimum Gasteiger partial charge on any atom is -0.478 e. The zero-order chi connectivity index (χ0) is 15.6. The lowest BCUT2D eigenvalue weighted by molar-refractivity contribution is -0.384. The standard InChI is InChI=1S/C15H14N2O4/c1-10-3-8-13(14(9-10)17(20)21)16(2)12-6-4-11(5-7-12)15(18)19/h3-9H,1-2H3,(H,18,19). The Bertz CT molecular complexity index is 695. The summed E-state index contributed by atoms with van der Waals surface area (Å²) in [5.74, 6) is -1.01.